The molecule has 1 aliphatic heterocycles. The van der Waals surface area contributed by atoms with Crippen LogP contribution >= 0.6 is 0 Å². The minimum Gasteiger partial charge on any atom is -0.392 e. The summed E-state index contributed by atoms with van der Waals surface area (Å²) in [6.45, 7) is 6.69. The lowest BCUT2D eigenvalue weighted by molar-refractivity contribution is -0.123. The third-order valence-corrected chi connectivity index (χ3v) is 4.34. The van der Waals surface area contributed by atoms with Crippen molar-refractivity contribution in [1.82, 2.24) is 10.2 Å². The zero-order valence-electron chi connectivity index (χ0n) is 13.0. The van der Waals surface area contributed by atoms with Gasteiger partial charge in [-0.05, 0) is 30.4 Å². The van der Waals surface area contributed by atoms with Crippen molar-refractivity contribution in [3.8, 4) is 0 Å². The fourth-order valence-electron chi connectivity index (χ4n) is 2.68. The molecular weight excluding hydrogens is 264 g/mol. The molecule has 1 heterocycles. The molecule has 2 rings (SSSR count). The van der Waals surface area contributed by atoms with Crippen molar-refractivity contribution in [2.75, 3.05) is 26.2 Å². The van der Waals surface area contributed by atoms with Gasteiger partial charge in [0, 0.05) is 13.1 Å². The van der Waals surface area contributed by atoms with Crippen molar-refractivity contribution in [3.63, 3.8) is 0 Å². The minimum absolute atomic E-state index is 0.0412. The number of nitrogens with one attached hydrogen (secondary N) is 1. The molecule has 1 aromatic carbocycles. The van der Waals surface area contributed by atoms with Crippen LogP contribution in [-0.2, 0) is 4.79 Å². The van der Waals surface area contributed by atoms with Crippen molar-refractivity contribution < 1.29 is 9.90 Å². The number of aliphatic hydroxyl groups excluding tert-OH is 1. The number of aliphatic hydroxyl groups is 1. The van der Waals surface area contributed by atoms with Gasteiger partial charge in [0.1, 0.15) is 0 Å². The fraction of sp³-hybridized carbons (Fsp3) is 0.588. The van der Waals surface area contributed by atoms with E-state index in [1.165, 1.54) is 5.56 Å². The molecule has 4 nitrogen and oxygen atoms in total. The summed E-state index contributed by atoms with van der Waals surface area (Å²) in [5.41, 5.74) is 1.24. The number of hydrogen-bond acceptors (Lipinski definition) is 3. The van der Waals surface area contributed by atoms with Crippen LogP contribution in [0, 0.1) is 5.92 Å². The molecule has 0 saturated carbocycles. The maximum atomic E-state index is 12.0. The lowest BCUT2D eigenvalue weighted by atomic mass is 9.96. The van der Waals surface area contributed by atoms with Gasteiger partial charge in [0.25, 0.3) is 0 Å². The molecule has 1 amide bonds. The monoisotopic (exact) mass is 290 g/mol. The molecule has 1 aromatic rings. The maximum Gasteiger partial charge on any atom is 0.234 e. The maximum absolute atomic E-state index is 12.0. The summed E-state index contributed by atoms with van der Waals surface area (Å²) in [5.74, 6) is 0.684. The average molecular weight is 290 g/mol. The van der Waals surface area contributed by atoms with Crippen LogP contribution in [0.2, 0.25) is 0 Å². The Kier molecular flexibility index (Phi) is 5.76. The molecular formula is C17H26N2O2. The van der Waals surface area contributed by atoms with E-state index in [4.69, 9.17) is 0 Å². The molecule has 0 aromatic heterocycles. The van der Waals surface area contributed by atoms with Gasteiger partial charge in [-0.25, -0.2) is 0 Å². The van der Waals surface area contributed by atoms with E-state index in [0.717, 1.165) is 13.0 Å². The van der Waals surface area contributed by atoms with Crippen LogP contribution in [0.5, 0.6) is 0 Å². The topological polar surface area (TPSA) is 52.6 Å². The second-order valence-electron chi connectivity index (χ2n) is 6.18. The molecule has 0 bridgehead atoms. The average Bonchev–Trinajstić information content (AvgIpc) is 2.49. The fourth-order valence-corrected chi connectivity index (χ4v) is 2.68. The summed E-state index contributed by atoms with van der Waals surface area (Å²) in [5, 5.41) is 12.8. The Hall–Kier alpha value is -1.39. The van der Waals surface area contributed by atoms with Crippen LogP contribution in [0.3, 0.4) is 0 Å². The molecule has 1 saturated heterocycles. The molecule has 3 unspecified atom stereocenters. The highest BCUT2D eigenvalue weighted by Crippen LogP contribution is 2.16. The standard InChI is InChI=1S/C17H26N2O2/c1-13-8-9-19(11-16(13)20)12-17(21)18-10-14(2)15-6-4-3-5-7-15/h3-7,13-14,16,20H,8-12H2,1-2H3,(H,18,21). The van der Waals surface area contributed by atoms with Crippen molar-refractivity contribution >= 4 is 5.91 Å². The van der Waals surface area contributed by atoms with E-state index in [-0.39, 0.29) is 12.0 Å². The number of likely N-dealkylation sites (tertiary alicyclic amines) is 1. The highest BCUT2D eigenvalue weighted by Gasteiger charge is 2.25. The summed E-state index contributed by atoms with van der Waals surface area (Å²) in [6, 6.07) is 10.2. The van der Waals surface area contributed by atoms with E-state index in [0.29, 0.717) is 31.5 Å². The van der Waals surface area contributed by atoms with Crippen LogP contribution in [0.4, 0.5) is 0 Å². The smallest absolute Gasteiger partial charge is 0.234 e. The van der Waals surface area contributed by atoms with Crippen LogP contribution in [-0.4, -0.2) is 48.2 Å². The van der Waals surface area contributed by atoms with E-state index >= 15 is 0 Å². The zero-order valence-corrected chi connectivity index (χ0v) is 13.0. The number of amides is 1. The quantitative estimate of drug-likeness (QED) is 0.866. The summed E-state index contributed by atoms with van der Waals surface area (Å²) < 4.78 is 0. The van der Waals surface area contributed by atoms with Gasteiger partial charge in [0.2, 0.25) is 5.91 Å². The number of rotatable bonds is 5. The van der Waals surface area contributed by atoms with Gasteiger partial charge < -0.3 is 10.4 Å². The first-order valence-electron chi connectivity index (χ1n) is 7.78. The lowest BCUT2D eigenvalue weighted by Gasteiger charge is -2.33. The van der Waals surface area contributed by atoms with E-state index in [1.807, 2.05) is 23.1 Å². The molecule has 1 aliphatic rings. The van der Waals surface area contributed by atoms with Crippen LogP contribution in [0.15, 0.2) is 30.3 Å². The number of benzene rings is 1. The number of piperidine rings is 1. The third kappa shape index (κ3) is 4.83. The van der Waals surface area contributed by atoms with Gasteiger partial charge in [-0.3, -0.25) is 9.69 Å². The molecule has 116 valence electrons. The normalized spacial score (nSPS) is 24.5. The number of carbonyl (C=O) groups is 1. The molecule has 0 radical (unpaired) electrons. The van der Waals surface area contributed by atoms with Crippen molar-refractivity contribution in [1.29, 1.82) is 0 Å². The Balaban J connectivity index is 1.73. The number of nitrogens with zero attached hydrogens (tertiary/aromatic N) is 1. The Labute approximate surface area is 127 Å². The zero-order chi connectivity index (χ0) is 15.2. The minimum atomic E-state index is -0.310. The Morgan fingerprint density at radius 1 is 1.43 bits per heavy atom. The van der Waals surface area contributed by atoms with Crippen LogP contribution < -0.4 is 5.32 Å². The molecule has 0 aliphatic carbocycles. The van der Waals surface area contributed by atoms with Crippen molar-refractivity contribution in [2.45, 2.75) is 32.3 Å². The Bertz CT molecular complexity index is 449. The van der Waals surface area contributed by atoms with E-state index in [9.17, 15) is 9.90 Å². The molecule has 0 spiro atoms. The Morgan fingerprint density at radius 3 is 2.81 bits per heavy atom. The molecule has 4 heteroatoms. The molecule has 21 heavy (non-hydrogen) atoms. The predicted octanol–water partition coefficient (Wildman–Crippen LogP) is 1.61. The number of hydrogen-bond donors (Lipinski definition) is 2. The first-order chi connectivity index (χ1) is 10.1. The van der Waals surface area contributed by atoms with Crippen molar-refractivity contribution in [2.24, 2.45) is 5.92 Å². The predicted molar refractivity (Wildman–Crippen MR) is 84.1 cm³/mol. The largest absolute Gasteiger partial charge is 0.392 e. The highest BCUT2D eigenvalue weighted by atomic mass is 16.3. The molecule has 1 fully saturated rings. The second-order valence-corrected chi connectivity index (χ2v) is 6.18. The Morgan fingerprint density at radius 2 is 2.14 bits per heavy atom. The number of β-amino-alcohol motifs (C(OH)–C–C–N with tert-alkyl or cyclic N) is 1. The SMILES string of the molecule is CC(CNC(=O)CN1CCC(C)C(O)C1)c1ccccc1. The van der Waals surface area contributed by atoms with Crippen molar-refractivity contribution in [3.05, 3.63) is 35.9 Å². The van der Waals surface area contributed by atoms with Gasteiger partial charge in [0.15, 0.2) is 0 Å². The molecule has 2 N–H and O–H groups in total. The highest BCUT2D eigenvalue weighted by molar-refractivity contribution is 5.78. The summed E-state index contributed by atoms with van der Waals surface area (Å²) in [6.07, 6.45) is 0.643. The summed E-state index contributed by atoms with van der Waals surface area (Å²) >= 11 is 0. The first-order valence-corrected chi connectivity index (χ1v) is 7.78. The van der Waals surface area contributed by atoms with Gasteiger partial charge in [0.05, 0.1) is 12.6 Å². The van der Waals surface area contributed by atoms with Crippen LogP contribution in [0.25, 0.3) is 0 Å². The second kappa shape index (κ2) is 7.57. The third-order valence-electron chi connectivity index (χ3n) is 4.34. The summed E-state index contributed by atoms with van der Waals surface area (Å²) in [7, 11) is 0. The van der Waals surface area contributed by atoms with Gasteiger partial charge in [-0.1, -0.05) is 44.2 Å². The first kappa shape index (κ1) is 16.0. The van der Waals surface area contributed by atoms with E-state index in [2.05, 4.69) is 31.3 Å². The van der Waals surface area contributed by atoms with E-state index < -0.39 is 0 Å². The van der Waals surface area contributed by atoms with Gasteiger partial charge in [-0.2, -0.15) is 0 Å². The van der Waals surface area contributed by atoms with Gasteiger partial charge >= 0.3 is 0 Å². The van der Waals surface area contributed by atoms with Gasteiger partial charge in [-0.15, -0.1) is 0 Å². The number of carbonyl (C=O) groups excluding carboxylic acids is 1. The molecule has 3 atom stereocenters. The van der Waals surface area contributed by atoms with E-state index in [1.54, 1.807) is 0 Å². The summed E-state index contributed by atoms with van der Waals surface area (Å²) in [4.78, 5) is 14.0. The lowest BCUT2D eigenvalue weighted by Crippen LogP contribution is -2.47. The van der Waals surface area contributed by atoms with Crippen LogP contribution in [0.1, 0.15) is 31.7 Å².